The van der Waals surface area contributed by atoms with Gasteiger partial charge in [-0.25, -0.2) is 13.1 Å². The highest BCUT2D eigenvalue weighted by molar-refractivity contribution is 7.89. The minimum Gasteiger partial charge on any atom is -0.323 e. The summed E-state index contributed by atoms with van der Waals surface area (Å²) in [6.45, 7) is 0.277. The van der Waals surface area contributed by atoms with E-state index >= 15 is 0 Å². The molecule has 0 aliphatic rings. The van der Waals surface area contributed by atoms with Crippen LogP contribution in [-0.4, -0.2) is 8.42 Å². The van der Waals surface area contributed by atoms with Gasteiger partial charge >= 0.3 is 0 Å². The zero-order valence-corrected chi connectivity index (χ0v) is 11.1. The summed E-state index contributed by atoms with van der Waals surface area (Å²) in [5.74, 6) is 5.30. The summed E-state index contributed by atoms with van der Waals surface area (Å²) < 4.78 is 26.7. The third-order valence-corrected chi connectivity index (χ3v) is 4.68. The van der Waals surface area contributed by atoms with Gasteiger partial charge < -0.3 is 5.43 Å². The summed E-state index contributed by atoms with van der Waals surface area (Å²) in [4.78, 5) is 1.10. The molecule has 1 aromatic carbocycles. The smallest absolute Gasteiger partial charge is 0.243 e. The zero-order chi connectivity index (χ0) is 13.0. The van der Waals surface area contributed by atoms with Gasteiger partial charge in [0.25, 0.3) is 0 Å². The van der Waals surface area contributed by atoms with Crippen molar-refractivity contribution in [1.29, 1.82) is 0 Å². The highest BCUT2D eigenvalue weighted by Crippen LogP contribution is 2.20. The van der Waals surface area contributed by atoms with Crippen molar-refractivity contribution in [2.75, 3.05) is 5.43 Å². The van der Waals surface area contributed by atoms with E-state index in [0.717, 1.165) is 4.88 Å². The van der Waals surface area contributed by atoms with Crippen molar-refractivity contribution in [1.82, 2.24) is 4.72 Å². The van der Waals surface area contributed by atoms with E-state index in [4.69, 9.17) is 5.84 Å². The van der Waals surface area contributed by atoms with Gasteiger partial charge in [0.05, 0.1) is 5.69 Å². The van der Waals surface area contributed by atoms with Crippen LogP contribution in [0.4, 0.5) is 5.69 Å². The third-order valence-electron chi connectivity index (χ3n) is 2.35. The molecule has 96 valence electrons. The van der Waals surface area contributed by atoms with Gasteiger partial charge in [-0.2, -0.15) is 0 Å². The van der Waals surface area contributed by atoms with Crippen LogP contribution in [0.15, 0.2) is 46.7 Å². The third kappa shape index (κ3) is 2.88. The maximum Gasteiger partial charge on any atom is 0.243 e. The van der Waals surface area contributed by atoms with Crippen molar-refractivity contribution in [3.63, 3.8) is 0 Å². The Bertz CT molecular complexity index is 609. The van der Waals surface area contributed by atoms with Crippen molar-refractivity contribution in [3.05, 3.63) is 46.7 Å². The summed E-state index contributed by atoms with van der Waals surface area (Å²) in [7, 11) is -3.56. The standard InChI is InChI=1S/C11H13N3O2S2/c12-14-10-5-1-2-6-11(10)18(15,16)13-8-9-4-3-7-17-9/h1-7,13-14H,8,12H2. The van der Waals surface area contributed by atoms with E-state index in [9.17, 15) is 8.42 Å². The normalized spacial score (nSPS) is 11.4. The van der Waals surface area contributed by atoms with Crippen molar-refractivity contribution < 1.29 is 8.42 Å². The molecule has 0 bridgehead atoms. The number of sulfonamides is 1. The first kappa shape index (κ1) is 13.0. The van der Waals surface area contributed by atoms with Crippen molar-refractivity contribution in [3.8, 4) is 0 Å². The second-order valence-corrected chi connectivity index (χ2v) is 6.31. The molecule has 0 spiro atoms. The zero-order valence-electron chi connectivity index (χ0n) is 9.46. The Morgan fingerprint density at radius 3 is 2.61 bits per heavy atom. The topological polar surface area (TPSA) is 84.2 Å². The van der Waals surface area contributed by atoms with Crippen LogP contribution in [0.25, 0.3) is 0 Å². The molecule has 0 aliphatic carbocycles. The second-order valence-electron chi connectivity index (χ2n) is 3.54. The Hall–Kier alpha value is -1.41. The largest absolute Gasteiger partial charge is 0.323 e. The minimum absolute atomic E-state index is 0.143. The molecule has 7 heteroatoms. The first-order valence-corrected chi connectivity index (χ1v) is 7.57. The molecule has 2 rings (SSSR count). The molecule has 18 heavy (non-hydrogen) atoms. The molecule has 0 unspecified atom stereocenters. The summed E-state index contributed by atoms with van der Waals surface area (Å²) in [6.07, 6.45) is 0. The molecule has 1 heterocycles. The Kier molecular flexibility index (Phi) is 3.97. The number of hydrogen-bond donors (Lipinski definition) is 3. The van der Waals surface area contributed by atoms with E-state index in [1.54, 1.807) is 18.2 Å². The Balaban J connectivity index is 2.20. The van der Waals surface area contributed by atoms with E-state index in [1.807, 2.05) is 17.5 Å². The molecule has 1 aromatic heterocycles. The van der Waals surface area contributed by atoms with Crippen LogP contribution in [0, 0.1) is 0 Å². The van der Waals surface area contributed by atoms with Crippen LogP contribution in [0.1, 0.15) is 4.88 Å². The molecule has 4 N–H and O–H groups in total. The molecular weight excluding hydrogens is 270 g/mol. The van der Waals surface area contributed by atoms with Gasteiger partial charge in [-0.15, -0.1) is 11.3 Å². The Labute approximate surface area is 110 Å². The number of hydrazine groups is 1. The van der Waals surface area contributed by atoms with Crippen LogP contribution >= 0.6 is 11.3 Å². The van der Waals surface area contributed by atoms with Crippen molar-refractivity contribution >= 4 is 27.0 Å². The number of hydrogen-bond acceptors (Lipinski definition) is 5. The maximum atomic E-state index is 12.1. The molecule has 0 radical (unpaired) electrons. The highest BCUT2D eigenvalue weighted by atomic mass is 32.2. The molecule has 0 aliphatic heterocycles. The first-order chi connectivity index (χ1) is 8.63. The molecule has 0 amide bonds. The van der Waals surface area contributed by atoms with E-state index in [-0.39, 0.29) is 11.4 Å². The average Bonchev–Trinajstić information content (AvgIpc) is 2.89. The van der Waals surface area contributed by atoms with Crippen LogP contribution in [0.3, 0.4) is 0 Å². The number of nitrogens with two attached hydrogens (primary N) is 1. The molecule has 0 fully saturated rings. The SMILES string of the molecule is NNc1ccccc1S(=O)(=O)NCc1cccs1. The Morgan fingerprint density at radius 2 is 1.94 bits per heavy atom. The molecular formula is C11H13N3O2S2. The van der Waals surface area contributed by atoms with E-state index in [1.165, 1.54) is 17.4 Å². The quantitative estimate of drug-likeness (QED) is 0.573. The predicted octanol–water partition coefficient (Wildman–Crippen LogP) is 1.51. The summed E-state index contributed by atoms with van der Waals surface area (Å²) >= 11 is 1.50. The Morgan fingerprint density at radius 1 is 1.17 bits per heavy atom. The van der Waals surface area contributed by atoms with Gasteiger partial charge in [-0.05, 0) is 23.6 Å². The maximum absolute atomic E-state index is 12.1. The van der Waals surface area contributed by atoms with Gasteiger partial charge in [0.1, 0.15) is 4.90 Å². The molecule has 5 nitrogen and oxygen atoms in total. The number of para-hydroxylation sites is 1. The van der Waals surface area contributed by atoms with Crippen LogP contribution in [-0.2, 0) is 16.6 Å². The van der Waals surface area contributed by atoms with Crippen molar-refractivity contribution in [2.45, 2.75) is 11.4 Å². The van der Waals surface area contributed by atoms with E-state index < -0.39 is 10.0 Å². The minimum atomic E-state index is -3.56. The average molecular weight is 283 g/mol. The second kappa shape index (κ2) is 5.49. The number of nitrogen functional groups attached to an aromatic ring is 1. The lowest BCUT2D eigenvalue weighted by Gasteiger charge is -2.10. The molecule has 0 atom stereocenters. The van der Waals surface area contributed by atoms with E-state index in [0.29, 0.717) is 5.69 Å². The monoisotopic (exact) mass is 283 g/mol. The van der Waals surface area contributed by atoms with Gasteiger partial charge in [-0.1, -0.05) is 18.2 Å². The van der Waals surface area contributed by atoms with Crippen LogP contribution in [0.5, 0.6) is 0 Å². The van der Waals surface area contributed by atoms with Gasteiger partial charge in [-0.3, -0.25) is 5.84 Å². The fourth-order valence-corrected chi connectivity index (χ4v) is 3.39. The summed E-state index contributed by atoms with van der Waals surface area (Å²) in [6, 6.07) is 10.2. The van der Waals surface area contributed by atoms with Gasteiger partial charge in [0.2, 0.25) is 10.0 Å². The highest BCUT2D eigenvalue weighted by Gasteiger charge is 2.17. The van der Waals surface area contributed by atoms with Crippen molar-refractivity contribution in [2.24, 2.45) is 5.84 Å². The molecule has 0 saturated carbocycles. The van der Waals surface area contributed by atoms with Gasteiger partial charge in [0.15, 0.2) is 0 Å². The predicted molar refractivity (Wildman–Crippen MR) is 72.6 cm³/mol. The number of rotatable bonds is 5. The fourth-order valence-electron chi connectivity index (χ4n) is 1.48. The summed E-state index contributed by atoms with van der Waals surface area (Å²) in [5, 5.41) is 1.90. The molecule has 2 aromatic rings. The van der Waals surface area contributed by atoms with Crippen LogP contribution in [0.2, 0.25) is 0 Å². The lowest BCUT2D eigenvalue weighted by atomic mass is 10.3. The molecule has 0 saturated heterocycles. The van der Waals surface area contributed by atoms with E-state index in [2.05, 4.69) is 10.1 Å². The number of nitrogens with one attached hydrogen (secondary N) is 2. The van der Waals surface area contributed by atoms with Crippen LogP contribution < -0.4 is 16.0 Å². The van der Waals surface area contributed by atoms with Gasteiger partial charge in [0, 0.05) is 11.4 Å². The number of benzene rings is 1. The summed E-state index contributed by atoms with van der Waals surface area (Å²) in [5.41, 5.74) is 2.75. The fraction of sp³-hybridized carbons (Fsp3) is 0.0909. The number of anilines is 1. The first-order valence-electron chi connectivity index (χ1n) is 5.21. The lowest BCUT2D eigenvalue weighted by Crippen LogP contribution is -2.24. The number of thiophene rings is 1. The lowest BCUT2D eigenvalue weighted by molar-refractivity contribution is 0.582.